The molecule has 1 aromatic carbocycles. The number of fused-ring (bicyclic) bond motifs is 1. The van der Waals surface area contributed by atoms with Gasteiger partial charge in [-0.1, -0.05) is 20.3 Å². The molecule has 0 N–H and O–H groups in total. The van der Waals surface area contributed by atoms with Gasteiger partial charge in [0.1, 0.15) is 28.4 Å². The number of carbonyl (C=O) groups excluding carboxylic acids is 1. The van der Waals surface area contributed by atoms with E-state index in [4.69, 9.17) is 18.6 Å². The number of carbonyl (C=O) groups is 1. The second-order valence-corrected chi connectivity index (χ2v) is 6.26. The van der Waals surface area contributed by atoms with Crippen LogP contribution < -0.4 is 15.1 Å². The molecular weight excluding hydrogens is 348 g/mol. The van der Waals surface area contributed by atoms with Crippen molar-refractivity contribution in [3.05, 3.63) is 39.3 Å². The van der Waals surface area contributed by atoms with E-state index in [1.54, 1.807) is 6.07 Å². The molecule has 0 atom stereocenters. The monoisotopic (exact) mass is 374 g/mol. The van der Waals surface area contributed by atoms with Gasteiger partial charge in [-0.25, -0.2) is 4.79 Å². The summed E-state index contributed by atoms with van der Waals surface area (Å²) >= 11 is 0. The van der Waals surface area contributed by atoms with Crippen LogP contribution in [0.25, 0.3) is 16.7 Å². The summed E-state index contributed by atoms with van der Waals surface area (Å²) in [5.41, 5.74) is 2.17. The average Bonchev–Trinajstić information content (AvgIpc) is 2.63. The largest absolute Gasteiger partial charge is 0.496 e. The van der Waals surface area contributed by atoms with Gasteiger partial charge >= 0.3 is 11.6 Å². The Labute approximate surface area is 158 Å². The summed E-state index contributed by atoms with van der Waals surface area (Å²) in [4.78, 5) is 23.7. The van der Waals surface area contributed by atoms with Gasteiger partial charge in [-0.05, 0) is 30.9 Å². The Hall–Kier alpha value is -2.76. The zero-order valence-electron chi connectivity index (χ0n) is 16.7. The predicted molar refractivity (Wildman–Crippen MR) is 104 cm³/mol. The minimum Gasteiger partial charge on any atom is -0.496 e. The van der Waals surface area contributed by atoms with E-state index in [2.05, 4.69) is 0 Å². The first-order chi connectivity index (χ1) is 12.9. The van der Waals surface area contributed by atoms with E-state index in [9.17, 15) is 9.59 Å². The SMILES string of the molecule is CCCc1cc(=O)oc2cc(OC)c(/C(OC(C)=O)=C(/C)CC)c(OC)c12. The fourth-order valence-electron chi connectivity index (χ4n) is 3.05. The standard InChI is InChI=1S/C21H26O6/c1-7-9-14-10-17(23)27-16-11-15(24-5)19(21(25-6)18(14)16)20(12(3)8-2)26-13(4)22/h10-11H,7-9H2,1-6H3/b20-12+. The van der Waals surface area contributed by atoms with E-state index in [1.165, 1.54) is 27.2 Å². The molecule has 0 saturated carbocycles. The van der Waals surface area contributed by atoms with Crippen LogP contribution in [0.5, 0.6) is 11.5 Å². The Balaban J connectivity index is 3.01. The quantitative estimate of drug-likeness (QED) is 0.404. The van der Waals surface area contributed by atoms with E-state index < -0.39 is 11.6 Å². The summed E-state index contributed by atoms with van der Waals surface area (Å²) in [7, 11) is 3.04. The van der Waals surface area contributed by atoms with E-state index in [1.807, 2.05) is 20.8 Å². The number of allylic oxidation sites excluding steroid dienone is 1. The van der Waals surface area contributed by atoms with E-state index >= 15 is 0 Å². The van der Waals surface area contributed by atoms with Gasteiger partial charge in [0, 0.05) is 19.1 Å². The zero-order valence-corrected chi connectivity index (χ0v) is 16.7. The highest BCUT2D eigenvalue weighted by atomic mass is 16.5. The molecule has 2 aromatic rings. The number of aryl methyl sites for hydroxylation is 1. The Bertz CT molecular complexity index is 936. The van der Waals surface area contributed by atoms with Gasteiger partial charge in [-0.3, -0.25) is 4.79 Å². The third kappa shape index (κ3) is 4.15. The first-order valence-corrected chi connectivity index (χ1v) is 8.98. The smallest absolute Gasteiger partial charge is 0.336 e. The average molecular weight is 374 g/mol. The highest BCUT2D eigenvalue weighted by molar-refractivity contribution is 5.96. The van der Waals surface area contributed by atoms with Gasteiger partial charge in [0.2, 0.25) is 0 Å². The Kier molecular flexibility index (Phi) is 6.66. The van der Waals surface area contributed by atoms with Gasteiger partial charge in [-0.2, -0.15) is 0 Å². The summed E-state index contributed by atoms with van der Waals surface area (Å²) < 4.78 is 22.2. The van der Waals surface area contributed by atoms with Crippen LogP contribution in [-0.4, -0.2) is 20.2 Å². The number of ether oxygens (including phenoxy) is 3. The van der Waals surface area contributed by atoms with E-state index in [0.717, 1.165) is 17.6 Å². The maximum Gasteiger partial charge on any atom is 0.336 e. The lowest BCUT2D eigenvalue weighted by Crippen LogP contribution is -2.08. The van der Waals surface area contributed by atoms with Crippen LogP contribution in [0.1, 0.15) is 51.7 Å². The van der Waals surface area contributed by atoms with Gasteiger partial charge in [0.15, 0.2) is 0 Å². The molecule has 2 rings (SSSR count). The minimum absolute atomic E-state index is 0.375. The number of methoxy groups -OCH3 is 2. The van der Waals surface area contributed by atoms with Crippen LogP contribution in [-0.2, 0) is 16.0 Å². The predicted octanol–water partition coefficient (Wildman–Crippen LogP) is 4.47. The van der Waals surface area contributed by atoms with Crippen LogP contribution in [0, 0.1) is 0 Å². The van der Waals surface area contributed by atoms with Gasteiger partial charge in [0.25, 0.3) is 0 Å². The molecular formula is C21H26O6. The second kappa shape index (κ2) is 8.75. The third-order valence-corrected chi connectivity index (χ3v) is 4.37. The lowest BCUT2D eigenvalue weighted by molar-refractivity contribution is -0.134. The van der Waals surface area contributed by atoms with Crippen molar-refractivity contribution >= 4 is 22.7 Å². The first kappa shape index (κ1) is 20.6. The van der Waals surface area contributed by atoms with Crippen molar-refractivity contribution < 1.29 is 23.4 Å². The van der Waals surface area contributed by atoms with Crippen molar-refractivity contribution in [3.8, 4) is 11.5 Å². The molecule has 0 bridgehead atoms. The van der Waals surface area contributed by atoms with E-state index in [-0.39, 0.29) is 0 Å². The molecule has 1 aromatic heterocycles. The van der Waals surface area contributed by atoms with E-state index in [0.29, 0.717) is 46.6 Å². The molecule has 0 aliphatic carbocycles. The Morgan fingerprint density at radius 3 is 2.33 bits per heavy atom. The van der Waals surface area contributed by atoms with Crippen LogP contribution in [0.4, 0.5) is 0 Å². The summed E-state index contributed by atoms with van der Waals surface area (Å²) in [6.07, 6.45) is 2.21. The summed E-state index contributed by atoms with van der Waals surface area (Å²) in [5.74, 6) is 0.824. The molecule has 0 amide bonds. The fraction of sp³-hybridized carbons (Fsp3) is 0.429. The van der Waals surface area contributed by atoms with Crippen molar-refractivity contribution in [2.24, 2.45) is 0 Å². The molecule has 0 radical (unpaired) electrons. The molecule has 0 spiro atoms. The number of hydrogen-bond acceptors (Lipinski definition) is 6. The second-order valence-electron chi connectivity index (χ2n) is 6.26. The molecule has 146 valence electrons. The summed E-state index contributed by atoms with van der Waals surface area (Å²) in [6, 6.07) is 3.12. The molecule has 0 aliphatic rings. The van der Waals surface area contributed by atoms with Crippen LogP contribution >= 0.6 is 0 Å². The highest BCUT2D eigenvalue weighted by Crippen LogP contribution is 2.44. The van der Waals surface area contributed by atoms with Gasteiger partial charge in [-0.15, -0.1) is 0 Å². The van der Waals surface area contributed by atoms with Crippen LogP contribution in [0.3, 0.4) is 0 Å². The number of hydrogen-bond donors (Lipinski definition) is 0. The zero-order chi connectivity index (χ0) is 20.1. The Morgan fingerprint density at radius 2 is 1.81 bits per heavy atom. The van der Waals surface area contributed by atoms with Gasteiger partial charge < -0.3 is 18.6 Å². The normalized spacial score (nSPS) is 11.9. The topological polar surface area (TPSA) is 75.0 Å². The van der Waals surface area contributed by atoms with Crippen molar-refractivity contribution in [1.29, 1.82) is 0 Å². The van der Waals surface area contributed by atoms with Gasteiger partial charge in [0.05, 0.1) is 19.6 Å². The molecule has 6 heteroatoms. The Morgan fingerprint density at radius 1 is 1.11 bits per heavy atom. The number of rotatable bonds is 7. The first-order valence-electron chi connectivity index (χ1n) is 8.98. The summed E-state index contributed by atoms with van der Waals surface area (Å²) in [6.45, 7) is 7.24. The molecule has 0 saturated heterocycles. The number of esters is 1. The third-order valence-electron chi connectivity index (χ3n) is 4.37. The van der Waals surface area contributed by atoms with Crippen molar-refractivity contribution in [2.45, 2.75) is 47.0 Å². The molecule has 6 nitrogen and oxygen atoms in total. The van der Waals surface area contributed by atoms with Crippen LogP contribution in [0.15, 0.2) is 26.9 Å². The molecule has 27 heavy (non-hydrogen) atoms. The van der Waals surface area contributed by atoms with Crippen molar-refractivity contribution in [3.63, 3.8) is 0 Å². The molecule has 0 unspecified atom stereocenters. The van der Waals surface area contributed by atoms with Crippen LogP contribution in [0.2, 0.25) is 0 Å². The molecule has 0 aliphatic heterocycles. The van der Waals surface area contributed by atoms with Crippen molar-refractivity contribution in [2.75, 3.05) is 14.2 Å². The highest BCUT2D eigenvalue weighted by Gasteiger charge is 2.25. The minimum atomic E-state index is -0.435. The lowest BCUT2D eigenvalue weighted by atomic mass is 9.98. The lowest BCUT2D eigenvalue weighted by Gasteiger charge is -2.20. The molecule has 0 fully saturated rings. The molecule has 1 heterocycles. The maximum atomic E-state index is 12.0. The number of benzene rings is 1. The maximum absolute atomic E-state index is 12.0. The fourth-order valence-corrected chi connectivity index (χ4v) is 3.05. The summed E-state index contributed by atoms with van der Waals surface area (Å²) in [5, 5.41) is 0.684. The van der Waals surface area contributed by atoms with Crippen molar-refractivity contribution in [1.82, 2.24) is 0 Å².